The molecule has 0 aromatic carbocycles. The maximum Gasteiger partial charge on any atom is 0.303 e. The number of rotatable bonds is 6. The van der Waals surface area contributed by atoms with Gasteiger partial charge in [0, 0.05) is 6.42 Å². The normalized spacial score (nSPS) is 49.0. The van der Waals surface area contributed by atoms with Crippen LogP contribution in [-0.4, -0.2) is 33.5 Å². The number of hydrogen-bond donors (Lipinski definition) is 3. The molecule has 0 amide bonds. The first-order chi connectivity index (χ1) is 14.2. The highest BCUT2D eigenvalue weighted by Gasteiger charge is 2.62. The molecule has 0 radical (unpaired) electrons. The van der Waals surface area contributed by atoms with E-state index >= 15 is 0 Å². The third-order valence-corrected chi connectivity index (χ3v) is 10.7. The van der Waals surface area contributed by atoms with Crippen LogP contribution in [0, 0.1) is 46.3 Å². The maximum absolute atomic E-state index is 11.3. The minimum Gasteiger partial charge on any atom is -0.481 e. The Hall–Kier alpha value is -0.610. The summed E-state index contributed by atoms with van der Waals surface area (Å²) in [6.07, 6.45) is 11.7. The van der Waals surface area contributed by atoms with Gasteiger partial charge in [-0.2, -0.15) is 0 Å². The van der Waals surface area contributed by atoms with Crippen LogP contribution >= 0.6 is 0 Å². The lowest BCUT2D eigenvalue weighted by molar-refractivity contribution is -0.174. The summed E-state index contributed by atoms with van der Waals surface area (Å²) in [6, 6.07) is 0. The van der Waals surface area contributed by atoms with Gasteiger partial charge in [-0.3, -0.25) is 4.79 Å². The molecular weight excluding hydrogens is 376 g/mol. The largest absolute Gasteiger partial charge is 0.481 e. The highest BCUT2D eigenvalue weighted by atomic mass is 16.4. The zero-order valence-corrected chi connectivity index (χ0v) is 19.4. The number of aliphatic hydroxyl groups is 2. The minimum absolute atomic E-state index is 0.168. The first-order valence-corrected chi connectivity index (χ1v) is 12.7. The SMILES string of the molecule is CC(CCCCC(=O)O)C1CC[C@H]2[C@@H]3[C@@H](O)C[C@@H]4C[C@H](O)CC[C@]4(C)[C@H]3CC[C@]12C. The Labute approximate surface area is 182 Å². The molecule has 0 heterocycles. The summed E-state index contributed by atoms with van der Waals surface area (Å²) in [5.41, 5.74) is 0.622. The molecule has 0 aromatic heterocycles. The number of unbranched alkanes of at least 4 members (excludes halogenated alkanes) is 1. The van der Waals surface area contributed by atoms with Crippen LogP contribution in [0.4, 0.5) is 0 Å². The first-order valence-electron chi connectivity index (χ1n) is 12.7. The Morgan fingerprint density at radius 1 is 0.967 bits per heavy atom. The van der Waals surface area contributed by atoms with Gasteiger partial charge in [0.2, 0.25) is 0 Å². The average Bonchev–Trinajstić information content (AvgIpc) is 3.03. The van der Waals surface area contributed by atoms with Crippen molar-refractivity contribution in [1.29, 1.82) is 0 Å². The number of carboxylic acids is 1. The summed E-state index contributed by atoms with van der Waals surface area (Å²) >= 11 is 0. The average molecular weight is 421 g/mol. The molecule has 0 aliphatic heterocycles. The van der Waals surface area contributed by atoms with Crippen molar-refractivity contribution in [1.82, 2.24) is 0 Å². The second-order valence-corrected chi connectivity index (χ2v) is 12.1. The molecule has 4 aliphatic rings. The van der Waals surface area contributed by atoms with Crippen molar-refractivity contribution < 1.29 is 20.1 Å². The smallest absolute Gasteiger partial charge is 0.303 e. The molecule has 2 unspecified atom stereocenters. The fourth-order valence-electron chi connectivity index (χ4n) is 9.12. The molecule has 4 aliphatic carbocycles. The summed E-state index contributed by atoms with van der Waals surface area (Å²) in [5.74, 6) is 2.82. The van der Waals surface area contributed by atoms with Crippen molar-refractivity contribution in [2.75, 3.05) is 0 Å². The van der Waals surface area contributed by atoms with Crippen molar-refractivity contribution >= 4 is 5.97 Å². The molecule has 0 aromatic rings. The highest BCUT2D eigenvalue weighted by molar-refractivity contribution is 5.66. The molecule has 30 heavy (non-hydrogen) atoms. The summed E-state index contributed by atoms with van der Waals surface area (Å²) in [7, 11) is 0. The summed E-state index contributed by atoms with van der Waals surface area (Å²) < 4.78 is 0. The monoisotopic (exact) mass is 420 g/mol. The molecule has 4 heteroatoms. The van der Waals surface area contributed by atoms with Gasteiger partial charge in [-0.25, -0.2) is 0 Å². The van der Waals surface area contributed by atoms with Gasteiger partial charge in [-0.05, 0) is 104 Å². The molecule has 0 spiro atoms. The van der Waals surface area contributed by atoms with Crippen molar-refractivity contribution in [3.63, 3.8) is 0 Å². The van der Waals surface area contributed by atoms with E-state index in [1.54, 1.807) is 0 Å². The standard InChI is InChI=1S/C26H44O4/c1-16(6-4-5-7-23(29)30)19-8-9-20-24-21(11-13-26(19,20)3)25(2)12-10-18(27)14-17(25)15-22(24)28/h16-22,24,27-28H,4-15H2,1-3H3,(H,29,30)/t16?,17-,18+,19?,20-,21-,22-,24-,25-,26+/m0/s1. The molecule has 10 atom stereocenters. The predicted molar refractivity (Wildman–Crippen MR) is 118 cm³/mol. The van der Waals surface area contributed by atoms with E-state index in [2.05, 4.69) is 20.8 Å². The third kappa shape index (κ3) is 3.74. The molecule has 0 saturated heterocycles. The summed E-state index contributed by atoms with van der Waals surface area (Å²) in [6.45, 7) is 7.39. The van der Waals surface area contributed by atoms with E-state index in [0.29, 0.717) is 52.8 Å². The Balaban J connectivity index is 1.47. The van der Waals surface area contributed by atoms with Crippen LogP contribution in [0.25, 0.3) is 0 Å². The van der Waals surface area contributed by atoms with Gasteiger partial charge in [0.1, 0.15) is 0 Å². The molecule has 172 valence electrons. The minimum atomic E-state index is -0.679. The van der Waals surface area contributed by atoms with Gasteiger partial charge in [0.25, 0.3) is 0 Å². The van der Waals surface area contributed by atoms with Crippen LogP contribution < -0.4 is 0 Å². The Morgan fingerprint density at radius 2 is 1.67 bits per heavy atom. The van der Waals surface area contributed by atoms with E-state index in [-0.39, 0.29) is 12.2 Å². The molecular formula is C26H44O4. The van der Waals surface area contributed by atoms with Gasteiger partial charge in [-0.1, -0.05) is 33.6 Å². The number of hydrogen-bond acceptors (Lipinski definition) is 3. The highest BCUT2D eigenvalue weighted by Crippen LogP contribution is 2.68. The number of aliphatic carboxylic acids is 1. The van der Waals surface area contributed by atoms with E-state index in [0.717, 1.165) is 44.9 Å². The number of aliphatic hydroxyl groups excluding tert-OH is 2. The van der Waals surface area contributed by atoms with Crippen molar-refractivity contribution in [2.45, 2.75) is 110 Å². The fraction of sp³-hybridized carbons (Fsp3) is 0.962. The predicted octanol–water partition coefficient (Wildman–Crippen LogP) is 5.26. The molecule has 4 fully saturated rings. The molecule has 4 rings (SSSR count). The van der Waals surface area contributed by atoms with Gasteiger partial charge >= 0.3 is 5.97 Å². The zero-order chi connectivity index (χ0) is 21.7. The molecule has 0 bridgehead atoms. The first kappa shape index (κ1) is 22.6. The maximum atomic E-state index is 11.3. The van der Waals surface area contributed by atoms with Crippen LogP contribution in [0.1, 0.15) is 97.8 Å². The summed E-state index contributed by atoms with van der Waals surface area (Å²) in [4.78, 5) is 10.8. The molecule has 3 N–H and O–H groups in total. The van der Waals surface area contributed by atoms with Crippen molar-refractivity contribution in [3.8, 4) is 0 Å². The van der Waals surface area contributed by atoms with Crippen molar-refractivity contribution in [2.24, 2.45) is 46.3 Å². The van der Waals surface area contributed by atoms with Crippen LogP contribution in [0.3, 0.4) is 0 Å². The Morgan fingerprint density at radius 3 is 2.40 bits per heavy atom. The van der Waals surface area contributed by atoms with E-state index < -0.39 is 5.97 Å². The zero-order valence-electron chi connectivity index (χ0n) is 19.4. The molecule has 4 saturated carbocycles. The van der Waals surface area contributed by atoms with E-state index in [1.165, 1.54) is 25.7 Å². The van der Waals surface area contributed by atoms with E-state index in [1.807, 2.05) is 0 Å². The number of carboxylic acid groups (broad SMARTS) is 1. The van der Waals surface area contributed by atoms with Crippen LogP contribution in [0.15, 0.2) is 0 Å². The Kier molecular flexibility index (Phi) is 6.31. The third-order valence-electron chi connectivity index (χ3n) is 10.7. The van der Waals surface area contributed by atoms with E-state index in [9.17, 15) is 15.0 Å². The van der Waals surface area contributed by atoms with E-state index in [4.69, 9.17) is 5.11 Å². The topological polar surface area (TPSA) is 77.8 Å². The van der Waals surface area contributed by atoms with Crippen LogP contribution in [0.5, 0.6) is 0 Å². The van der Waals surface area contributed by atoms with Crippen molar-refractivity contribution in [3.05, 3.63) is 0 Å². The van der Waals surface area contributed by atoms with Gasteiger partial charge in [0.05, 0.1) is 12.2 Å². The molecule has 4 nitrogen and oxygen atoms in total. The number of carbonyl (C=O) groups is 1. The quantitative estimate of drug-likeness (QED) is 0.512. The lowest BCUT2D eigenvalue weighted by Crippen LogP contribution is -2.58. The lowest BCUT2D eigenvalue weighted by Gasteiger charge is -2.62. The number of fused-ring (bicyclic) bond motifs is 5. The van der Waals surface area contributed by atoms with Crippen LogP contribution in [-0.2, 0) is 4.79 Å². The fourth-order valence-corrected chi connectivity index (χ4v) is 9.12. The second kappa shape index (κ2) is 8.39. The lowest BCUT2D eigenvalue weighted by atomic mass is 9.43. The van der Waals surface area contributed by atoms with Gasteiger partial charge < -0.3 is 15.3 Å². The van der Waals surface area contributed by atoms with Gasteiger partial charge in [-0.15, -0.1) is 0 Å². The Bertz CT molecular complexity index is 635. The van der Waals surface area contributed by atoms with Gasteiger partial charge in [0.15, 0.2) is 0 Å². The summed E-state index contributed by atoms with van der Waals surface area (Å²) in [5, 5.41) is 30.5. The van der Waals surface area contributed by atoms with Crippen LogP contribution in [0.2, 0.25) is 0 Å². The second-order valence-electron chi connectivity index (χ2n) is 12.1.